The Hall–Kier alpha value is -1.64. The van der Waals surface area contributed by atoms with Crippen molar-refractivity contribution in [3.05, 3.63) is 29.8 Å². The third kappa shape index (κ3) is 4.62. The van der Waals surface area contributed by atoms with Crippen LogP contribution < -0.4 is 10.2 Å². The summed E-state index contributed by atoms with van der Waals surface area (Å²) >= 11 is 0. The summed E-state index contributed by atoms with van der Waals surface area (Å²) in [5, 5.41) is 3.00. The fourth-order valence-corrected chi connectivity index (χ4v) is 5.05. The second-order valence-electron chi connectivity index (χ2n) is 7.50. The van der Waals surface area contributed by atoms with Crippen molar-refractivity contribution in [1.29, 1.82) is 0 Å². The number of carbonyl (C=O) groups is 1. The van der Waals surface area contributed by atoms with Gasteiger partial charge >= 0.3 is 0 Å². The van der Waals surface area contributed by atoms with Crippen molar-refractivity contribution in [1.82, 2.24) is 13.9 Å². The van der Waals surface area contributed by atoms with Gasteiger partial charge < -0.3 is 10.2 Å². The average molecular weight is 395 g/mol. The fourth-order valence-electron chi connectivity index (χ4n) is 3.86. The van der Waals surface area contributed by atoms with Gasteiger partial charge in [0.25, 0.3) is 10.2 Å². The van der Waals surface area contributed by atoms with Crippen molar-refractivity contribution in [2.75, 3.05) is 51.7 Å². The predicted molar refractivity (Wildman–Crippen MR) is 107 cm³/mol. The van der Waals surface area contributed by atoms with E-state index in [0.29, 0.717) is 13.1 Å². The average Bonchev–Trinajstić information content (AvgIpc) is 3.08. The van der Waals surface area contributed by atoms with E-state index in [0.717, 1.165) is 38.8 Å². The lowest BCUT2D eigenvalue weighted by atomic mass is 9.99. The fraction of sp³-hybridized carbons (Fsp3) is 0.632. The van der Waals surface area contributed by atoms with Gasteiger partial charge in [0.05, 0.1) is 5.92 Å². The Bertz CT molecular complexity index is 766. The number of benzene rings is 1. The molecular weight excluding hydrogens is 364 g/mol. The first kappa shape index (κ1) is 20.1. The maximum absolute atomic E-state index is 12.5. The zero-order valence-electron chi connectivity index (χ0n) is 16.2. The standard InChI is InChI=1S/C19H30N4O3S/c1-21(2)27(25,26)23-13-5-8-17(15-23)19(24)20-11-6-12-22-14-10-16-7-3-4-9-18(16)22/h3-4,7,9,17H,5-6,8,10-15H2,1-2H3,(H,20,24). The molecule has 1 aromatic rings. The summed E-state index contributed by atoms with van der Waals surface area (Å²) in [5.41, 5.74) is 2.70. The molecule has 0 radical (unpaired) electrons. The summed E-state index contributed by atoms with van der Waals surface area (Å²) < 4.78 is 27.2. The minimum atomic E-state index is -3.45. The molecular formula is C19H30N4O3S. The lowest BCUT2D eigenvalue weighted by Gasteiger charge is -2.32. The molecule has 2 aliphatic rings. The summed E-state index contributed by atoms with van der Waals surface area (Å²) in [6.07, 6.45) is 3.42. The molecule has 1 N–H and O–H groups in total. The van der Waals surface area contributed by atoms with E-state index in [1.54, 1.807) is 0 Å². The zero-order chi connectivity index (χ0) is 19.4. The van der Waals surface area contributed by atoms with Crippen molar-refractivity contribution in [2.24, 2.45) is 5.92 Å². The van der Waals surface area contributed by atoms with Crippen molar-refractivity contribution in [3.63, 3.8) is 0 Å². The van der Waals surface area contributed by atoms with E-state index in [-0.39, 0.29) is 18.4 Å². The number of para-hydroxylation sites is 1. The van der Waals surface area contributed by atoms with Crippen LogP contribution in [-0.4, -0.2) is 69.8 Å². The van der Waals surface area contributed by atoms with Crippen molar-refractivity contribution >= 4 is 21.8 Å². The van der Waals surface area contributed by atoms with Crippen molar-refractivity contribution < 1.29 is 13.2 Å². The van der Waals surface area contributed by atoms with E-state index in [1.807, 2.05) is 0 Å². The smallest absolute Gasteiger partial charge is 0.281 e. The molecule has 2 aliphatic heterocycles. The molecule has 27 heavy (non-hydrogen) atoms. The number of nitrogens with zero attached hydrogens (tertiary/aromatic N) is 3. The Labute approximate surface area is 162 Å². The third-order valence-corrected chi connectivity index (χ3v) is 7.34. The van der Waals surface area contributed by atoms with Gasteiger partial charge in [0, 0.05) is 52.5 Å². The number of hydrogen-bond donors (Lipinski definition) is 1. The second-order valence-corrected chi connectivity index (χ2v) is 9.64. The van der Waals surface area contributed by atoms with Gasteiger partial charge in [0.15, 0.2) is 0 Å². The normalized spacial score (nSPS) is 20.7. The van der Waals surface area contributed by atoms with Crippen LogP contribution in [0.15, 0.2) is 24.3 Å². The SMILES string of the molecule is CN(C)S(=O)(=O)N1CCCC(C(=O)NCCCN2CCc3ccccc32)C1. The minimum absolute atomic E-state index is 0.0320. The molecule has 1 unspecified atom stereocenters. The highest BCUT2D eigenvalue weighted by atomic mass is 32.2. The molecule has 1 amide bonds. The molecule has 2 heterocycles. The molecule has 150 valence electrons. The highest BCUT2D eigenvalue weighted by molar-refractivity contribution is 7.86. The van der Waals surface area contributed by atoms with Crippen LogP contribution >= 0.6 is 0 Å². The van der Waals surface area contributed by atoms with Crippen LogP contribution in [0.2, 0.25) is 0 Å². The van der Waals surface area contributed by atoms with Gasteiger partial charge in [-0.3, -0.25) is 4.79 Å². The van der Waals surface area contributed by atoms with Crippen LogP contribution in [0.3, 0.4) is 0 Å². The maximum atomic E-state index is 12.5. The molecule has 7 nitrogen and oxygen atoms in total. The summed E-state index contributed by atoms with van der Waals surface area (Å²) in [5.74, 6) is -0.295. The molecule has 0 saturated carbocycles. The summed E-state index contributed by atoms with van der Waals surface area (Å²) in [7, 11) is -0.404. The first-order chi connectivity index (χ1) is 12.9. The molecule has 8 heteroatoms. The number of amides is 1. The molecule has 1 fully saturated rings. The number of anilines is 1. The molecule has 0 spiro atoms. The Morgan fingerprint density at radius 3 is 2.81 bits per heavy atom. The molecule has 1 atom stereocenters. The van der Waals surface area contributed by atoms with Crippen molar-refractivity contribution in [2.45, 2.75) is 25.7 Å². The largest absolute Gasteiger partial charge is 0.371 e. The van der Waals surface area contributed by atoms with E-state index >= 15 is 0 Å². The highest BCUT2D eigenvalue weighted by Gasteiger charge is 2.33. The van der Waals surface area contributed by atoms with E-state index in [9.17, 15) is 13.2 Å². The van der Waals surface area contributed by atoms with Gasteiger partial charge in [0.2, 0.25) is 5.91 Å². The van der Waals surface area contributed by atoms with Gasteiger partial charge in [-0.05, 0) is 37.3 Å². The van der Waals surface area contributed by atoms with Crippen molar-refractivity contribution in [3.8, 4) is 0 Å². The number of carbonyl (C=O) groups excluding carboxylic acids is 1. The lowest BCUT2D eigenvalue weighted by Crippen LogP contribution is -2.49. The molecule has 1 aromatic carbocycles. The van der Waals surface area contributed by atoms with Gasteiger partial charge in [0.1, 0.15) is 0 Å². The maximum Gasteiger partial charge on any atom is 0.281 e. The number of hydrogen-bond acceptors (Lipinski definition) is 4. The number of nitrogens with one attached hydrogen (secondary N) is 1. The minimum Gasteiger partial charge on any atom is -0.371 e. The van der Waals surface area contributed by atoms with Crippen LogP contribution in [0.5, 0.6) is 0 Å². The lowest BCUT2D eigenvalue weighted by molar-refractivity contribution is -0.126. The predicted octanol–water partition coefficient (Wildman–Crippen LogP) is 1.07. The summed E-state index contributed by atoms with van der Waals surface area (Å²) in [4.78, 5) is 14.8. The zero-order valence-corrected chi connectivity index (χ0v) is 17.0. The number of piperidine rings is 1. The monoisotopic (exact) mass is 394 g/mol. The number of fused-ring (bicyclic) bond motifs is 1. The number of rotatable bonds is 7. The molecule has 0 bridgehead atoms. The van der Waals surface area contributed by atoms with E-state index < -0.39 is 10.2 Å². The highest BCUT2D eigenvalue weighted by Crippen LogP contribution is 2.27. The quantitative estimate of drug-likeness (QED) is 0.703. The van der Waals surface area contributed by atoms with E-state index in [1.165, 1.54) is 34.0 Å². The van der Waals surface area contributed by atoms with Crippen LogP contribution in [0.1, 0.15) is 24.8 Å². The Morgan fingerprint density at radius 1 is 1.26 bits per heavy atom. The molecule has 0 aliphatic carbocycles. The van der Waals surface area contributed by atoms with Crippen LogP contribution in [-0.2, 0) is 21.4 Å². The Morgan fingerprint density at radius 2 is 2.04 bits per heavy atom. The molecule has 1 saturated heterocycles. The van der Waals surface area contributed by atoms with Crippen LogP contribution in [0, 0.1) is 5.92 Å². The third-order valence-electron chi connectivity index (χ3n) is 5.43. The van der Waals surface area contributed by atoms with Gasteiger partial charge in [-0.1, -0.05) is 18.2 Å². The van der Waals surface area contributed by atoms with Gasteiger partial charge in [-0.15, -0.1) is 0 Å². The Balaban J connectivity index is 1.43. The summed E-state index contributed by atoms with van der Waals surface area (Å²) in [6.45, 7) is 3.33. The van der Waals surface area contributed by atoms with E-state index in [4.69, 9.17) is 0 Å². The summed E-state index contributed by atoms with van der Waals surface area (Å²) in [6, 6.07) is 8.47. The first-order valence-electron chi connectivity index (χ1n) is 9.68. The molecule has 3 rings (SSSR count). The van der Waals surface area contributed by atoms with Crippen LogP contribution in [0.25, 0.3) is 0 Å². The Kier molecular flexibility index (Phi) is 6.39. The topological polar surface area (TPSA) is 73.0 Å². The second kappa shape index (κ2) is 8.58. The van der Waals surface area contributed by atoms with Gasteiger partial charge in [-0.2, -0.15) is 17.0 Å². The first-order valence-corrected chi connectivity index (χ1v) is 11.1. The van der Waals surface area contributed by atoms with E-state index in [2.05, 4.69) is 34.5 Å². The van der Waals surface area contributed by atoms with Gasteiger partial charge in [-0.25, -0.2) is 0 Å². The van der Waals surface area contributed by atoms with Crippen LogP contribution in [0.4, 0.5) is 5.69 Å². The molecule has 0 aromatic heterocycles.